The molecule has 5 heteroatoms. The molecule has 1 fully saturated rings. The van der Waals surface area contributed by atoms with E-state index in [4.69, 9.17) is 4.74 Å². The van der Waals surface area contributed by atoms with Gasteiger partial charge in [-0.3, -0.25) is 9.78 Å². The largest absolute Gasteiger partial charge is 0.370 e. The van der Waals surface area contributed by atoms with Crippen LogP contribution in [0.4, 0.5) is 0 Å². The summed E-state index contributed by atoms with van der Waals surface area (Å²) in [4.78, 5) is 19.0. The summed E-state index contributed by atoms with van der Waals surface area (Å²) in [5, 5.41) is 0.997. The molecule has 1 aliphatic heterocycles. The molecule has 0 aliphatic carbocycles. The first-order chi connectivity index (χ1) is 11.7. The number of aryl methyl sites for hydroxylation is 1. The van der Waals surface area contributed by atoms with Gasteiger partial charge in [-0.25, -0.2) is 0 Å². The Morgan fingerprint density at radius 1 is 1.21 bits per heavy atom. The zero-order chi connectivity index (χ0) is 16.5. The molecular weight excluding hydrogens is 302 g/mol. The van der Waals surface area contributed by atoms with Crippen LogP contribution < -0.4 is 0 Å². The maximum atomic E-state index is 13.0. The number of benzene rings is 1. The SMILES string of the molecule is Cn1cc(C(=O)N2CCO[C@@H](c3ccncc3)C2)c2ccccc21. The van der Waals surface area contributed by atoms with Gasteiger partial charge >= 0.3 is 0 Å². The van der Waals surface area contributed by atoms with Crippen LogP contribution in [0.1, 0.15) is 22.0 Å². The Hall–Kier alpha value is -2.66. The number of aromatic nitrogens is 2. The molecule has 0 bridgehead atoms. The smallest absolute Gasteiger partial charge is 0.256 e. The number of fused-ring (bicyclic) bond motifs is 1. The summed E-state index contributed by atoms with van der Waals surface area (Å²) in [5.74, 6) is 0.0640. The van der Waals surface area contributed by atoms with Crippen LogP contribution in [-0.2, 0) is 11.8 Å². The number of hydrogen-bond donors (Lipinski definition) is 0. The fraction of sp³-hybridized carbons (Fsp3) is 0.263. The van der Waals surface area contributed by atoms with Gasteiger partial charge in [0.1, 0.15) is 6.10 Å². The second-order valence-corrected chi connectivity index (χ2v) is 6.06. The van der Waals surface area contributed by atoms with Gasteiger partial charge in [0.15, 0.2) is 0 Å². The summed E-state index contributed by atoms with van der Waals surface area (Å²) in [5.41, 5.74) is 2.88. The summed E-state index contributed by atoms with van der Waals surface area (Å²) in [6.07, 6.45) is 5.33. The first kappa shape index (κ1) is 14.9. The van der Waals surface area contributed by atoms with E-state index >= 15 is 0 Å². The van der Waals surface area contributed by atoms with Gasteiger partial charge in [0.05, 0.1) is 18.7 Å². The molecule has 1 amide bonds. The fourth-order valence-corrected chi connectivity index (χ4v) is 3.30. The number of carbonyl (C=O) groups is 1. The maximum absolute atomic E-state index is 13.0. The number of pyridine rings is 1. The van der Waals surface area contributed by atoms with Gasteiger partial charge in [0, 0.05) is 43.1 Å². The molecule has 1 saturated heterocycles. The zero-order valence-electron chi connectivity index (χ0n) is 13.6. The van der Waals surface area contributed by atoms with Crippen LogP contribution in [0.25, 0.3) is 10.9 Å². The third kappa shape index (κ3) is 2.57. The van der Waals surface area contributed by atoms with Gasteiger partial charge in [-0.1, -0.05) is 18.2 Å². The van der Waals surface area contributed by atoms with Gasteiger partial charge in [-0.15, -0.1) is 0 Å². The van der Waals surface area contributed by atoms with Crippen molar-refractivity contribution in [3.63, 3.8) is 0 Å². The molecule has 2 aromatic heterocycles. The topological polar surface area (TPSA) is 47.4 Å². The first-order valence-corrected chi connectivity index (χ1v) is 8.09. The summed E-state index contributed by atoms with van der Waals surface area (Å²) in [6.45, 7) is 1.72. The van der Waals surface area contributed by atoms with Gasteiger partial charge in [-0.05, 0) is 23.8 Å². The minimum atomic E-state index is -0.0966. The minimum Gasteiger partial charge on any atom is -0.370 e. The summed E-state index contributed by atoms with van der Waals surface area (Å²) >= 11 is 0. The van der Waals surface area contributed by atoms with Gasteiger partial charge in [0.25, 0.3) is 5.91 Å². The highest BCUT2D eigenvalue weighted by molar-refractivity contribution is 6.07. The number of ether oxygens (including phenoxy) is 1. The number of morpholine rings is 1. The van der Waals surface area contributed by atoms with Crippen molar-refractivity contribution in [3.05, 3.63) is 66.1 Å². The quantitative estimate of drug-likeness (QED) is 0.729. The van der Waals surface area contributed by atoms with Crippen LogP contribution in [0, 0.1) is 0 Å². The minimum absolute atomic E-state index is 0.0640. The molecule has 4 rings (SSSR count). The highest BCUT2D eigenvalue weighted by Gasteiger charge is 2.27. The number of para-hydroxylation sites is 1. The average Bonchev–Trinajstić information content (AvgIpc) is 2.99. The molecule has 0 radical (unpaired) electrons. The lowest BCUT2D eigenvalue weighted by atomic mass is 10.1. The molecule has 3 heterocycles. The second kappa shape index (κ2) is 6.09. The zero-order valence-corrected chi connectivity index (χ0v) is 13.6. The van der Waals surface area contributed by atoms with E-state index in [-0.39, 0.29) is 12.0 Å². The molecule has 122 valence electrons. The van der Waals surface area contributed by atoms with Crippen molar-refractivity contribution >= 4 is 16.8 Å². The lowest BCUT2D eigenvalue weighted by molar-refractivity contribution is -0.0227. The number of nitrogens with zero attached hydrogens (tertiary/aromatic N) is 3. The van der Waals surface area contributed by atoms with E-state index in [1.165, 1.54) is 0 Å². The molecule has 3 aromatic rings. The summed E-state index contributed by atoms with van der Waals surface area (Å²) < 4.78 is 7.85. The van der Waals surface area contributed by atoms with Crippen molar-refractivity contribution in [2.45, 2.75) is 6.10 Å². The number of hydrogen-bond acceptors (Lipinski definition) is 3. The average molecular weight is 321 g/mol. The highest BCUT2D eigenvalue weighted by atomic mass is 16.5. The third-order valence-corrected chi connectivity index (χ3v) is 4.56. The molecule has 0 N–H and O–H groups in total. The van der Waals surface area contributed by atoms with Crippen LogP contribution in [-0.4, -0.2) is 40.1 Å². The van der Waals surface area contributed by atoms with E-state index in [0.29, 0.717) is 19.7 Å². The molecule has 5 nitrogen and oxygen atoms in total. The monoisotopic (exact) mass is 321 g/mol. The Balaban J connectivity index is 1.62. The lowest BCUT2D eigenvalue weighted by Crippen LogP contribution is -2.42. The molecular formula is C19H19N3O2. The van der Waals surface area contributed by atoms with Gasteiger partial charge in [0.2, 0.25) is 0 Å². The number of amides is 1. The Kier molecular flexibility index (Phi) is 3.78. The number of rotatable bonds is 2. The Labute approximate surface area is 140 Å². The van der Waals surface area contributed by atoms with Crippen LogP contribution in [0.5, 0.6) is 0 Å². The van der Waals surface area contributed by atoms with Gasteiger partial charge < -0.3 is 14.2 Å². The molecule has 1 aromatic carbocycles. The molecule has 0 saturated carbocycles. The maximum Gasteiger partial charge on any atom is 0.256 e. The van der Waals surface area contributed by atoms with Crippen molar-refractivity contribution < 1.29 is 9.53 Å². The Bertz CT molecular complexity index is 873. The fourth-order valence-electron chi connectivity index (χ4n) is 3.30. The summed E-state index contributed by atoms with van der Waals surface area (Å²) in [7, 11) is 1.97. The van der Waals surface area contributed by atoms with Crippen molar-refractivity contribution in [2.75, 3.05) is 19.7 Å². The van der Waals surface area contributed by atoms with Crippen molar-refractivity contribution in [3.8, 4) is 0 Å². The molecule has 0 spiro atoms. The number of carbonyl (C=O) groups excluding carboxylic acids is 1. The molecule has 0 unspecified atom stereocenters. The van der Waals surface area contributed by atoms with Crippen molar-refractivity contribution in [1.82, 2.24) is 14.5 Å². The van der Waals surface area contributed by atoms with Crippen LogP contribution in [0.15, 0.2) is 55.0 Å². The first-order valence-electron chi connectivity index (χ1n) is 8.09. The normalized spacial score (nSPS) is 18.0. The standard InChI is InChI=1S/C19H19N3O2/c1-21-12-16(15-4-2-3-5-17(15)21)19(23)22-10-11-24-18(13-22)14-6-8-20-9-7-14/h2-9,12,18H,10-11,13H2,1H3/t18-/m1/s1. The highest BCUT2D eigenvalue weighted by Crippen LogP contribution is 2.26. The third-order valence-electron chi connectivity index (χ3n) is 4.56. The van der Waals surface area contributed by atoms with E-state index in [1.54, 1.807) is 12.4 Å². The van der Waals surface area contributed by atoms with E-state index in [9.17, 15) is 4.79 Å². The van der Waals surface area contributed by atoms with Crippen LogP contribution >= 0.6 is 0 Å². The molecule has 1 aliphatic rings. The van der Waals surface area contributed by atoms with Crippen molar-refractivity contribution in [2.24, 2.45) is 7.05 Å². The Morgan fingerprint density at radius 2 is 2.00 bits per heavy atom. The van der Waals surface area contributed by atoms with Crippen molar-refractivity contribution in [1.29, 1.82) is 0 Å². The Morgan fingerprint density at radius 3 is 2.83 bits per heavy atom. The molecule has 24 heavy (non-hydrogen) atoms. The molecule has 1 atom stereocenters. The van der Waals surface area contributed by atoms with E-state index in [0.717, 1.165) is 22.0 Å². The van der Waals surface area contributed by atoms with Gasteiger partial charge in [-0.2, -0.15) is 0 Å². The van der Waals surface area contributed by atoms with Crippen LogP contribution in [0.2, 0.25) is 0 Å². The van der Waals surface area contributed by atoms with E-state index in [1.807, 2.05) is 59.1 Å². The second-order valence-electron chi connectivity index (χ2n) is 6.06. The van der Waals surface area contributed by atoms with Crippen LogP contribution in [0.3, 0.4) is 0 Å². The lowest BCUT2D eigenvalue weighted by Gasteiger charge is -2.33. The van der Waals surface area contributed by atoms with E-state index < -0.39 is 0 Å². The predicted octanol–water partition coefficient (Wildman–Crippen LogP) is 2.79. The summed E-state index contributed by atoms with van der Waals surface area (Å²) in [6, 6.07) is 11.9. The van der Waals surface area contributed by atoms with E-state index in [2.05, 4.69) is 4.98 Å². The predicted molar refractivity (Wildman–Crippen MR) is 91.8 cm³/mol.